The van der Waals surface area contributed by atoms with E-state index in [1.165, 1.54) is 88.6 Å². The summed E-state index contributed by atoms with van der Waals surface area (Å²) in [5, 5.41) is 0. The lowest BCUT2D eigenvalue weighted by Gasteiger charge is -2.39. The molecular formula is C39H50. The van der Waals surface area contributed by atoms with Crippen LogP contribution in [0.25, 0.3) is 17.2 Å². The average molecular weight is 519 g/mol. The number of hydrogen-bond donors (Lipinski definition) is 0. The van der Waals surface area contributed by atoms with E-state index >= 15 is 0 Å². The minimum Gasteiger partial charge on any atom is -0.0986 e. The highest BCUT2D eigenvalue weighted by Gasteiger charge is 2.34. The number of hydrogen-bond acceptors (Lipinski definition) is 0. The molecule has 3 unspecified atom stereocenters. The Morgan fingerprint density at radius 1 is 0.949 bits per heavy atom. The van der Waals surface area contributed by atoms with E-state index < -0.39 is 0 Å². The molecule has 0 amide bonds. The number of allylic oxidation sites excluding steroid dienone is 5. The summed E-state index contributed by atoms with van der Waals surface area (Å²) >= 11 is 0. The van der Waals surface area contributed by atoms with Crippen molar-refractivity contribution in [3.63, 3.8) is 0 Å². The summed E-state index contributed by atoms with van der Waals surface area (Å²) < 4.78 is 0. The first-order valence-corrected chi connectivity index (χ1v) is 15.5. The van der Waals surface area contributed by atoms with E-state index in [2.05, 4.69) is 103 Å². The maximum Gasteiger partial charge on any atom is 0.00829 e. The van der Waals surface area contributed by atoms with Gasteiger partial charge in [0.1, 0.15) is 0 Å². The average Bonchev–Trinajstić information content (AvgIpc) is 3.31. The molecule has 0 spiro atoms. The predicted molar refractivity (Wildman–Crippen MR) is 171 cm³/mol. The molecule has 5 rings (SSSR count). The van der Waals surface area contributed by atoms with Crippen molar-refractivity contribution in [1.82, 2.24) is 0 Å². The van der Waals surface area contributed by atoms with Crippen LogP contribution in [0.2, 0.25) is 0 Å². The zero-order chi connectivity index (χ0) is 27.9. The second kappa shape index (κ2) is 11.1. The Morgan fingerprint density at radius 2 is 1.69 bits per heavy atom. The van der Waals surface area contributed by atoms with E-state index in [-0.39, 0.29) is 5.41 Å². The molecule has 206 valence electrons. The molecule has 1 fully saturated rings. The lowest BCUT2D eigenvalue weighted by Crippen LogP contribution is -2.30. The van der Waals surface area contributed by atoms with Crippen LogP contribution in [-0.4, -0.2) is 0 Å². The molecule has 3 atom stereocenters. The van der Waals surface area contributed by atoms with E-state index in [1.54, 1.807) is 5.56 Å². The summed E-state index contributed by atoms with van der Waals surface area (Å²) in [6, 6.07) is 11.8. The minimum absolute atomic E-state index is 0.250. The summed E-state index contributed by atoms with van der Waals surface area (Å²) in [5.41, 5.74) is 14.7. The fourth-order valence-electron chi connectivity index (χ4n) is 7.50. The molecule has 1 saturated carbocycles. The molecule has 0 nitrogen and oxygen atoms in total. The van der Waals surface area contributed by atoms with Gasteiger partial charge in [-0.05, 0) is 89.3 Å². The van der Waals surface area contributed by atoms with Crippen LogP contribution in [0, 0.1) is 42.9 Å². The maximum atomic E-state index is 4.67. The van der Waals surface area contributed by atoms with Gasteiger partial charge in [0.05, 0.1) is 0 Å². The van der Waals surface area contributed by atoms with E-state index in [0.717, 1.165) is 18.8 Å². The van der Waals surface area contributed by atoms with Crippen molar-refractivity contribution in [2.75, 3.05) is 0 Å². The van der Waals surface area contributed by atoms with E-state index in [1.807, 2.05) is 0 Å². The zero-order valence-corrected chi connectivity index (χ0v) is 25.5. The third kappa shape index (κ3) is 5.82. The van der Waals surface area contributed by atoms with Gasteiger partial charge in [-0.15, -0.1) is 0 Å². The first-order valence-electron chi connectivity index (χ1n) is 15.5. The van der Waals surface area contributed by atoms with Crippen molar-refractivity contribution in [1.29, 1.82) is 0 Å². The molecule has 0 saturated heterocycles. The topological polar surface area (TPSA) is 0 Å². The van der Waals surface area contributed by atoms with Crippen LogP contribution in [0.1, 0.15) is 94.0 Å². The van der Waals surface area contributed by atoms with Gasteiger partial charge in [-0.25, -0.2) is 0 Å². The molecule has 3 aliphatic rings. The van der Waals surface area contributed by atoms with Crippen LogP contribution >= 0.6 is 0 Å². The van der Waals surface area contributed by atoms with Crippen LogP contribution in [0.3, 0.4) is 0 Å². The van der Waals surface area contributed by atoms with Crippen LogP contribution in [0.4, 0.5) is 0 Å². The summed E-state index contributed by atoms with van der Waals surface area (Å²) in [6.45, 7) is 23.2. The Labute approximate surface area is 239 Å². The summed E-state index contributed by atoms with van der Waals surface area (Å²) in [6.07, 6.45) is 17.4. The van der Waals surface area contributed by atoms with Gasteiger partial charge in [-0.1, -0.05) is 138 Å². The van der Waals surface area contributed by atoms with Gasteiger partial charge in [0.15, 0.2) is 0 Å². The van der Waals surface area contributed by atoms with Crippen molar-refractivity contribution < 1.29 is 0 Å². The number of fused-ring (bicyclic) bond motifs is 1. The second-order valence-electron chi connectivity index (χ2n) is 14.1. The van der Waals surface area contributed by atoms with Crippen LogP contribution in [0.5, 0.6) is 0 Å². The molecule has 0 N–H and O–H groups in total. The second-order valence-corrected chi connectivity index (χ2v) is 14.1. The fourth-order valence-corrected chi connectivity index (χ4v) is 7.50. The normalized spacial score (nSPS) is 22.7. The van der Waals surface area contributed by atoms with Crippen LogP contribution in [0.15, 0.2) is 72.4 Å². The lowest BCUT2D eigenvalue weighted by atomic mass is 9.66. The number of rotatable bonds is 6. The van der Waals surface area contributed by atoms with Gasteiger partial charge >= 0.3 is 0 Å². The molecule has 0 heterocycles. The SMILES string of the molecule is C=C1C=CC(C(C)C(C)(C)C)C(=C)C1CC1=Cc2cccc(-c3cc(C)cc(C)c3CC3CCCCC3)c2C1. The first-order chi connectivity index (χ1) is 18.5. The molecule has 0 radical (unpaired) electrons. The first kappa shape index (κ1) is 27.9. The minimum atomic E-state index is 0.250. The van der Waals surface area contributed by atoms with Crippen LogP contribution in [-0.2, 0) is 12.8 Å². The Hall–Kier alpha value is -2.60. The standard InChI is InChI=1S/C39H50/c1-25-19-27(3)36(22-30-13-10-9-11-14-30)38(20-25)34-16-12-15-32-21-31(24-37(32)34)23-35-26(2)17-18-33(28(35)4)29(5)39(6,7)8/h12,15-21,29-30,33,35H,2,4,9-11,13-14,22-24H2,1,3,5-8H3. The Morgan fingerprint density at radius 3 is 2.41 bits per heavy atom. The molecule has 2 aromatic carbocycles. The van der Waals surface area contributed by atoms with Gasteiger partial charge in [0, 0.05) is 11.8 Å². The van der Waals surface area contributed by atoms with Crippen molar-refractivity contribution in [2.24, 2.45) is 29.1 Å². The monoisotopic (exact) mass is 518 g/mol. The quantitative estimate of drug-likeness (QED) is 0.334. The van der Waals surface area contributed by atoms with Crippen molar-refractivity contribution in [3.8, 4) is 11.1 Å². The molecule has 0 aliphatic heterocycles. The summed E-state index contributed by atoms with van der Waals surface area (Å²) in [7, 11) is 0. The highest BCUT2D eigenvalue weighted by Crippen LogP contribution is 2.46. The lowest BCUT2D eigenvalue weighted by molar-refractivity contribution is 0.215. The van der Waals surface area contributed by atoms with Crippen molar-refractivity contribution in [2.45, 2.75) is 92.9 Å². The molecule has 3 aliphatic carbocycles. The highest BCUT2D eigenvalue weighted by atomic mass is 14.4. The molecule has 39 heavy (non-hydrogen) atoms. The molecule has 0 aromatic heterocycles. The van der Waals surface area contributed by atoms with Gasteiger partial charge in [0.25, 0.3) is 0 Å². The largest absolute Gasteiger partial charge is 0.0986 e. The molecular weight excluding hydrogens is 468 g/mol. The van der Waals surface area contributed by atoms with E-state index in [0.29, 0.717) is 17.8 Å². The number of aryl methyl sites for hydroxylation is 2. The number of benzene rings is 2. The Balaban J connectivity index is 1.41. The van der Waals surface area contributed by atoms with Crippen LogP contribution < -0.4 is 0 Å². The predicted octanol–water partition coefficient (Wildman–Crippen LogP) is 11.0. The van der Waals surface area contributed by atoms with Crippen molar-refractivity contribution in [3.05, 3.63) is 100 Å². The smallest absolute Gasteiger partial charge is 0.00829 e. The third-order valence-electron chi connectivity index (χ3n) is 10.3. The third-order valence-corrected chi connectivity index (χ3v) is 10.3. The molecule has 0 heteroatoms. The Bertz CT molecular complexity index is 1310. The fraction of sp³-hybridized carbons (Fsp3) is 0.487. The van der Waals surface area contributed by atoms with Gasteiger partial charge in [-0.3, -0.25) is 0 Å². The molecule has 2 aromatic rings. The Kier molecular flexibility index (Phi) is 7.96. The van der Waals surface area contributed by atoms with E-state index in [4.69, 9.17) is 0 Å². The highest BCUT2D eigenvalue weighted by molar-refractivity contribution is 5.80. The van der Waals surface area contributed by atoms with Gasteiger partial charge in [-0.2, -0.15) is 0 Å². The molecule has 0 bridgehead atoms. The van der Waals surface area contributed by atoms with Gasteiger partial charge in [0.2, 0.25) is 0 Å². The zero-order valence-electron chi connectivity index (χ0n) is 25.5. The maximum absolute atomic E-state index is 4.67. The summed E-state index contributed by atoms with van der Waals surface area (Å²) in [4.78, 5) is 0. The van der Waals surface area contributed by atoms with Gasteiger partial charge < -0.3 is 0 Å². The summed E-state index contributed by atoms with van der Waals surface area (Å²) in [5.74, 6) is 2.13. The van der Waals surface area contributed by atoms with Crippen molar-refractivity contribution >= 4 is 6.08 Å². The van der Waals surface area contributed by atoms with E-state index in [9.17, 15) is 0 Å².